The highest BCUT2D eigenvalue weighted by Gasteiger charge is 2.19. The number of carbonyl (C=O) groups is 1. The maximum atomic E-state index is 11.8. The van der Waals surface area contributed by atoms with Crippen molar-refractivity contribution in [3.05, 3.63) is 58.3 Å². The van der Waals surface area contributed by atoms with Gasteiger partial charge < -0.3 is 4.74 Å². The van der Waals surface area contributed by atoms with Gasteiger partial charge in [0.15, 0.2) is 0 Å². The number of esters is 1. The Morgan fingerprint density at radius 3 is 2.68 bits per heavy atom. The number of hydrogen-bond acceptors (Lipinski definition) is 4. The third-order valence-corrected chi connectivity index (χ3v) is 3.77. The van der Waals surface area contributed by atoms with Crippen LogP contribution in [0.15, 0.2) is 47.8 Å². The molecule has 2 rings (SSSR count). The lowest BCUT2D eigenvalue weighted by atomic mass is 10.1. The quantitative estimate of drug-likeness (QED) is 0.824. The molecule has 1 aromatic heterocycles. The smallest absolute Gasteiger partial charge is 0.323 e. The van der Waals surface area contributed by atoms with Crippen molar-refractivity contribution in [1.82, 2.24) is 5.32 Å². The van der Waals surface area contributed by atoms with Crippen LogP contribution in [-0.2, 0) is 22.5 Å². The maximum Gasteiger partial charge on any atom is 0.323 e. The molecule has 1 aromatic carbocycles. The predicted octanol–water partition coefficient (Wildman–Crippen LogP) is 2.62. The van der Waals surface area contributed by atoms with E-state index in [0.717, 1.165) is 5.56 Å². The number of carbonyl (C=O) groups excluding carboxylic acids is 1. The second-order valence-electron chi connectivity index (χ2n) is 4.23. The first-order valence-corrected chi connectivity index (χ1v) is 7.05. The van der Waals surface area contributed by atoms with Crippen LogP contribution >= 0.6 is 11.3 Å². The zero-order chi connectivity index (χ0) is 13.5. The molecule has 0 unspecified atom stereocenters. The molecule has 0 amide bonds. The van der Waals surface area contributed by atoms with Gasteiger partial charge in [0.1, 0.15) is 6.04 Å². The lowest BCUT2D eigenvalue weighted by Gasteiger charge is -2.15. The normalized spacial score (nSPS) is 12.1. The van der Waals surface area contributed by atoms with E-state index in [-0.39, 0.29) is 12.0 Å². The molecule has 100 valence electrons. The number of rotatable bonds is 6. The Morgan fingerprint density at radius 2 is 2.05 bits per heavy atom. The summed E-state index contributed by atoms with van der Waals surface area (Å²) in [5.74, 6) is -0.218. The molecule has 19 heavy (non-hydrogen) atoms. The van der Waals surface area contributed by atoms with Crippen molar-refractivity contribution in [1.29, 1.82) is 0 Å². The van der Waals surface area contributed by atoms with Gasteiger partial charge in [0, 0.05) is 17.8 Å². The van der Waals surface area contributed by atoms with E-state index in [0.29, 0.717) is 13.0 Å². The number of methoxy groups -OCH3 is 1. The average Bonchev–Trinajstić information content (AvgIpc) is 2.96. The van der Waals surface area contributed by atoms with E-state index in [1.807, 2.05) is 47.8 Å². The number of ether oxygens (including phenoxy) is 1. The van der Waals surface area contributed by atoms with E-state index in [2.05, 4.69) is 5.32 Å². The van der Waals surface area contributed by atoms with Crippen LogP contribution in [0.3, 0.4) is 0 Å². The summed E-state index contributed by atoms with van der Waals surface area (Å²) >= 11 is 1.65. The number of hydrogen-bond donors (Lipinski definition) is 1. The summed E-state index contributed by atoms with van der Waals surface area (Å²) in [5.41, 5.74) is 1.16. The van der Waals surface area contributed by atoms with Crippen LogP contribution in [0, 0.1) is 0 Å². The molecule has 0 aliphatic heterocycles. The second-order valence-corrected chi connectivity index (χ2v) is 5.26. The highest BCUT2D eigenvalue weighted by atomic mass is 32.1. The standard InChI is InChI=1S/C15H17NO2S/c1-18-15(17)14(10-13-8-5-9-19-13)16-11-12-6-3-2-4-7-12/h2-9,14,16H,10-11H2,1H3/t14-/m1/s1. The van der Waals surface area contributed by atoms with E-state index >= 15 is 0 Å². The fraction of sp³-hybridized carbons (Fsp3) is 0.267. The summed E-state index contributed by atoms with van der Waals surface area (Å²) in [6, 6.07) is 13.7. The SMILES string of the molecule is COC(=O)[C@@H](Cc1cccs1)NCc1ccccc1. The van der Waals surface area contributed by atoms with Crippen LogP contribution in [0.1, 0.15) is 10.4 Å². The fourth-order valence-corrected chi connectivity index (χ4v) is 2.60. The molecular weight excluding hydrogens is 258 g/mol. The van der Waals surface area contributed by atoms with Crippen molar-refractivity contribution < 1.29 is 9.53 Å². The highest BCUT2D eigenvalue weighted by Crippen LogP contribution is 2.12. The van der Waals surface area contributed by atoms with Crippen LogP contribution < -0.4 is 5.32 Å². The Bertz CT molecular complexity index is 496. The molecule has 0 aliphatic carbocycles. The summed E-state index contributed by atoms with van der Waals surface area (Å²) in [7, 11) is 1.42. The summed E-state index contributed by atoms with van der Waals surface area (Å²) in [6.07, 6.45) is 0.664. The van der Waals surface area contributed by atoms with E-state index in [9.17, 15) is 4.79 Å². The first kappa shape index (κ1) is 13.8. The summed E-state index contributed by atoms with van der Waals surface area (Å²) in [4.78, 5) is 13.0. The Hall–Kier alpha value is -1.65. The van der Waals surface area contributed by atoms with Gasteiger partial charge in [-0.15, -0.1) is 11.3 Å². The summed E-state index contributed by atoms with van der Waals surface area (Å²) in [6.45, 7) is 0.659. The zero-order valence-electron chi connectivity index (χ0n) is 10.8. The molecule has 0 bridgehead atoms. The van der Waals surface area contributed by atoms with Crippen LogP contribution in [0.5, 0.6) is 0 Å². The minimum atomic E-state index is -0.302. The summed E-state index contributed by atoms with van der Waals surface area (Å²) in [5, 5.41) is 5.27. The third kappa shape index (κ3) is 4.19. The van der Waals surface area contributed by atoms with Gasteiger partial charge in [0.05, 0.1) is 7.11 Å². The topological polar surface area (TPSA) is 38.3 Å². The van der Waals surface area contributed by atoms with E-state index in [4.69, 9.17) is 4.74 Å². The minimum Gasteiger partial charge on any atom is -0.468 e. The molecule has 1 N–H and O–H groups in total. The molecule has 0 radical (unpaired) electrons. The van der Waals surface area contributed by atoms with Crippen LogP contribution in [0.4, 0.5) is 0 Å². The first-order valence-electron chi connectivity index (χ1n) is 6.17. The molecule has 0 spiro atoms. The predicted molar refractivity (Wildman–Crippen MR) is 77.1 cm³/mol. The van der Waals surface area contributed by atoms with Gasteiger partial charge in [0.25, 0.3) is 0 Å². The lowest BCUT2D eigenvalue weighted by molar-refractivity contribution is -0.143. The molecule has 3 nitrogen and oxygen atoms in total. The number of thiophene rings is 1. The van der Waals surface area contributed by atoms with Crippen LogP contribution in [0.2, 0.25) is 0 Å². The van der Waals surface area contributed by atoms with Crippen molar-refractivity contribution >= 4 is 17.3 Å². The minimum absolute atomic E-state index is 0.218. The fourth-order valence-electron chi connectivity index (χ4n) is 1.85. The number of nitrogens with one attached hydrogen (secondary N) is 1. The Morgan fingerprint density at radius 1 is 1.26 bits per heavy atom. The largest absolute Gasteiger partial charge is 0.468 e. The molecule has 4 heteroatoms. The molecule has 0 saturated heterocycles. The van der Waals surface area contributed by atoms with E-state index in [1.54, 1.807) is 11.3 Å². The molecule has 1 heterocycles. The van der Waals surface area contributed by atoms with Crippen molar-refractivity contribution in [2.24, 2.45) is 0 Å². The van der Waals surface area contributed by atoms with Crippen LogP contribution in [-0.4, -0.2) is 19.1 Å². The van der Waals surface area contributed by atoms with Gasteiger partial charge in [0.2, 0.25) is 0 Å². The van der Waals surface area contributed by atoms with Crippen molar-refractivity contribution in [3.8, 4) is 0 Å². The summed E-state index contributed by atoms with van der Waals surface area (Å²) < 4.78 is 4.85. The van der Waals surface area contributed by atoms with Gasteiger partial charge in [-0.25, -0.2) is 0 Å². The first-order chi connectivity index (χ1) is 9.29. The molecule has 0 saturated carbocycles. The van der Waals surface area contributed by atoms with Crippen molar-refractivity contribution in [2.75, 3.05) is 7.11 Å². The van der Waals surface area contributed by atoms with Gasteiger partial charge in [-0.2, -0.15) is 0 Å². The Labute approximate surface area is 117 Å². The number of benzene rings is 1. The van der Waals surface area contributed by atoms with Gasteiger partial charge >= 0.3 is 5.97 Å². The van der Waals surface area contributed by atoms with Gasteiger partial charge in [-0.3, -0.25) is 10.1 Å². The van der Waals surface area contributed by atoms with Gasteiger partial charge in [-0.05, 0) is 17.0 Å². The van der Waals surface area contributed by atoms with E-state index < -0.39 is 0 Å². The Balaban J connectivity index is 1.96. The van der Waals surface area contributed by atoms with Crippen molar-refractivity contribution in [3.63, 3.8) is 0 Å². The van der Waals surface area contributed by atoms with Crippen molar-refractivity contribution in [2.45, 2.75) is 19.0 Å². The van der Waals surface area contributed by atoms with Crippen LogP contribution in [0.25, 0.3) is 0 Å². The molecule has 2 aromatic rings. The average molecular weight is 275 g/mol. The molecule has 0 aliphatic rings. The second kappa shape index (κ2) is 7.07. The maximum absolute atomic E-state index is 11.8. The van der Waals surface area contributed by atoms with E-state index in [1.165, 1.54) is 12.0 Å². The van der Waals surface area contributed by atoms with Gasteiger partial charge in [-0.1, -0.05) is 36.4 Å². The molecular formula is C15H17NO2S. The lowest BCUT2D eigenvalue weighted by Crippen LogP contribution is -2.38. The molecule has 1 atom stereocenters. The monoisotopic (exact) mass is 275 g/mol. The molecule has 0 fully saturated rings. The third-order valence-electron chi connectivity index (χ3n) is 2.87. The Kier molecular flexibility index (Phi) is 5.12. The highest BCUT2D eigenvalue weighted by molar-refractivity contribution is 7.09. The zero-order valence-corrected chi connectivity index (χ0v) is 11.7.